The van der Waals surface area contributed by atoms with Gasteiger partial charge in [-0.2, -0.15) is 5.10 Å². The molecule has 0 spiro atoms. The summed E-state index contributed by atoms with van der Waals surface area (Å²) < 4.78 is 7.80. The van der Waals surface area contributed by atoms with Gasteiger partial charge >= 0.3 is 5.97 Å². The monoisotopic (exact) mass is 441 g/mol. The molecule has 2 aromatic rings. The number of hydrogen-bond acceptors (Lipinski definition) is 4. The van der Waals surface area contributed by atoms with Gasteiger partial charge in [0, 0.05) is 18.7 Å². The van der Waals surface area contributed by atoms with Gasteiger partial charge in [0.25, 0.3) is 0 Å². The second-order valence-corrected chi connectivity index (χ2v) is 6.48. The lowest BCUT2D eigenvalue weighted by Gasteiger charge is -2.10. The summed E-state index contributed by atoms with van der Waals surface area (Å²) in [5.41, 5.74) is 2.94. The summed E-state index contributed by atoms with van der Waals surface area (Å²) >= 11 is 2.28. The quantitative estimate of drug-likeness (QED) is 0.552. The van der Waals surface area contributed by atoms with E-state index in [0.29, 0.717) is 30.6 Å². The molecule has 2 rings (SSSR count). The number of halogens is 1. The predicted octanol–water partition coefficient (Wildman–Crippen LogP) is 3.31. The van der Waals surface area contributed by atoms with Crippen LogP contribution in [-0.4, -0.2) is 28.8 Å². The fourth-order valence-corrected chi connectivity index (χ4v) is 2.76. The summed E-state index contributed by atoms with van der Waals surface area (Å²) in [6, 6.07) is 6.80. The molecule has 0 fully saturated rings. The lowest BCUT2D eigenvalue weighted by Crippen LogP contribution is -2.16. The number of rotatable bonds is 6. The minimum Gasteiger partial charge on any atom is -0.465 e. The molecule has 0 unspecified atom stereocenters. The number of benzene rings is 1. The topological polar surface area (TPSA) is 73.2 Å². The van der Waals surface area contributed by atoms with Crippen molar-refractivity contribution in [3.8, 4) is 0 Å². The lowest BCUT2D eigenvalue weighted by molar-refractivity contribution is -0.116. The fraction of sp³-hybridized carbons (Fsp3) is 0.353. The van der Waals surface area contributed by atoms with Crippen LogP contribution in [0.3, 0.4) is 0 Å². The molecule has 0 aliphatic carbocycles. The summed E-state index contributed by atoms with van der Waals surface area (Å²) in [6.07, 6.45) is 1.02. The standard InChI is InChI=1S/C17H20IN3O3/c1-11-16(18)12(2)21(20-11)10-6-9-15(22)19-14-8-5-4-7-13(14)17(23)24-3/h4-5,7-8H,6,9-10H2,1-3H3,(H,19,22). The van der Waals surface area contributed by atoms with Gasteiger partial charge in [0.1, 0.15) is 0 Å². The zero-order valence-electron chi connectivity index (χ0n) is 13.9. The van der Waals surface area contributed by atoms with E-state index in [0.717, 1.165) is 15.0 Å². The number of amides is 1. The number of para-hydroxylation sites is 1. The molecule has 128 valence electrons. The average molecular weight is 441 g/mol. The molecule has 0 saturated heterocycles. The summed E-state index contributed by atoms with van der Waals surface area (Å²) in [5.74, 6) is -0.606. The third-order valence-electron chi connectivity index (χ3n) is 3.67. The van der Waals surface area contributed by atoms with Gasteiger partial charge in [-0.1, -0.05) is 12.1 Å². The van der Waals surface area contributed by atoms with Crippen molar-refractivity contribution in [2.24, 2.45) is 0 Å². The van der Waals surface area contributed by atoms with Crippen molar-refractivity contribution in [2.45, 2.75) is 33.2 Å². The first kappa shape index (κ1) is 18.4. The zero-order chi connectivity index (χ0) is 17.7. The third kappa shape index (κ3) is 4.34. The normalized spacial score (nSPS) is 10.5. The van der Waals surface area contributed by atoms with E-state index in [-0.39, 0.29) is 5.91 Å². The number of carbonyl (C=O) groups excluding carboxylic acids is 2. The van der Waals surface area contributed by atoms with Gasteiger partial charge in [-0.25, -0.2) is 4.79 Å². The van der Waals surface area contributed by atoms with Crippen LogP contribution in [0.25, 0.3) is 0 Å². The van der Waals surface area contributed by atoms with E-state index in [1.807, 2.05) is 18.5 Å². The van der Waals surface area contributed by atoms with E-state index in [9.17, 15) is 9.59 Å². The highest BCUT2D eigenvalue weighted by molar-refractivity contribution is 14.1. The minimum absolute atomic E-state index is 0.136. The molecule has 7 heteroatoms. The molecule has 0 radical (unpaired) electrons. The highest BCUT2D eigenvalue weighted by atomic mass is 127. The molecule has 0 saturated carbocycles. The second kappa shape index (κ2) is 8.27. The number of ether oxygens (including phenoxy) is 1. The van der Waals surface area contributed by atoms with Crippen LogP contribution in [0.1, 0.15) is 34.6 Å². The van der Waals surface area contributed by atoms with Gasteiger partial charge in [0.05, 0.1) is 27.6 Å². The maximum Gasteiger partial charge on any atom is 0.339 e. The lowest BCUT2D eigenvalue weighted by atomic mass is 10.1. The molecular formula is C17H20IN3O3. The fourth-order valence-electron chi connectivity index (χ4n) is 2.37. The van der Waals surface area contributed by atoms with Crippen molar-refractivity contribution in [3.63, 3.8) is 0 Å². The van der Waals surface area contributed by atoms with Gasteiger partial charge < -0.3 is 10.1 Å². The molecule has 0 bridgehead atoms. The number of methoxy groups -OCH3 is 1. The Labute approximate surface area is 154 Å². The zero-order valence-corrected chi connectivity index (χ0v) is 16.1. The van der Waals surface area contributed by atoms with Crippen LogP contribution < -0.4 is 5.32 Å². The Kier molecular flexibility index (Phi) is 6.36. The van der Waals surface area contributed by atoms with Gasteiger partial charge in [0.15, 0.2) is 0 Å². The molecule has 1 aromatic heterocycles. The molecular weight excluding hydrogens is 421 g/mol. The molecule has 1 amide bonds. The number of nitrogens with zero attached hydrogens (tertiary/aromatic N) is 2. The number of aryl methyl sites for hydroxylation is 2. The first-order valence-electron chi connectivity index (χ1n) is 7.60. The summed E-state index contributed by atoms with van der Waals surface area (Å²) in [7, 11) is 1.32. The van der Waals surface area contributed by atoms with Crippen molar-refractivity contribution in [1.82, 2.24) is 9.78 Å². The van der Waals surface area contributed by atoms with Crippen molar-refractivity contribution in [2.75, 3.05) is 12.4 Å². The van der Waals surface area contributed by atoms with E-state index < -0.39 is 5.97 Å². The first-order valence-corrected chi connectivity index (χ1v) is 8.68. The highest BCUT2D eigenvalue weighted by Crippen LogP contribution is 2.17. The number of aromatic nitrogens is 2. The Bertz CT molecular complexity index is 756. The first-order chi connectivity index (χ1) is 11.4. The highest BCUT2D eigenvalue weighted by Gasteiger charge is 2.13. The number of esters is 1. The third-order valence-corrected chi connectivity index (χ3v) is 5.23. The number of nitrogens with one attached hydrogen (secondary N) is 1. The second-order valence-electron chi connectivity index (χ2n) is 5.40. The molecule has 1 N–H and O–H groups in total. The van der Waals surface area contributed by atoms with E-state index in [4.69, 9.17) is 4.74 Å². The molecule has 0 aliphatic heterocycles. The number of anilines is 1. The summed E-state index contributed by atoms with van der Waals surface area (Å²) in [5, 5.41) is 7.23. The van der Waals surface area contributed by atoms with Gasteiger partial charge in [-0.15, -0.1) is 0 Å². The van der Waals surface area contributed by atoms with E-state index >= 15 is 0 Å². The summed E-state index contributed by atoms with van der Waals surface area (Å²) in [6.45, 7) is 4.68. The minimum atomic E-state index is -0.469. The molecule has 24 heavy (non-hydrogen) atoms. The maximum absolute atomic E-state index is 12.1. The molecule has 0 aliphatic rings. The number of hydrogen-bond donors (Lipinski definition) is 1. The van der Waals surface area contributed by atoms with E-state index in [2.05, 4.69) is 33.0 Å². The van der Waals surface area contributed by atoms with Gasteiger partial charge in [0.2, 0.25) is 5.91 Å². The van der Waals surface area contributed by atoms with Crippen LogP contribution in [0.15, 0.2) is 24.3 Å². The van der Waals surface area contributed by atoms with Crippen LogP contribution in [-0.2, 0) is 16.1 Å². The maximum atomic E-state index is 12.1. The van der Waals surface area contributed by atoms with E-state index in [1.165, 1.54) is 7.11 Å². The molecule has 1 aromatic carbocycles. The molecule has 1 heterocycles. The Morgan fingerprint density at radius 1 is 1.29 bits per heavy atom. The Morgan fingerprint density at radius 3 is 2.62 bits per heavy atom. The molecule has 6 nitrogen and oxygen atoms in total. The smallest absolute Gasteiger partial charge is 0.339 e. The van der Waals surface area contributed by atoms with Crippen molar-refractivity contribution in [1.29, 1.82) is 0 Å². The van der Waals surface area contributed by atoms with Gasteiger partial charge in [-0.3, -0.25) is 9.48 Å². The SMILES string of the molecule is COC(=O)c1ccccc1NC(=O)CCCn1nc(C)c(I)c1C. The van der Waals surface area contributed by atoms with Crippen LogP contribution in [0.4, 0.5) is 5.69 Å². The van der Waals surface area contributed by atoms with Gasteiger partial charge in [-0.05, 0) is 55.0 Å². The predicted molar refractivity (Wildman–Crippen MR) is 100 cm³/mol. The Hall–Kier alpha value is -1.90. The van der Waals surface area contributed by atoms with Crippen LogP contribution >= 0.6 is 22.6 Å². The van der Waals surface area contributed by atoms with Crippen molar-refractivity contribution in [3.05, 3.63) is 44.8 Å². The van der Waals surface area contributed by atoms with E-state index in [1.54, 1.807) is 24.3 Å². The average Bonchev–Trinajstić information content (AvgIpc) is 2.82. The number of carbonyl (C=O) groups is 2. The van der Waals surface area contributed by atoms with Crippen LogP contribution in [0.5, 0.6) is 0 Å². The largest absolute Gasteiger partial charge is 0.465 e. The van der Waals surface area contributed by atoms with Crippen LogP contribution in [0.2, 0.25) is 0 Å². The Balaban J connectivity index is 1.92. The Morgan fingerprint density at radius 2 is 2.00 bits per heavy atom. The molecule has 0 atom stereocenters. The van der Waals surface area contributed by atoms with Crippen molar-refractivity contribution >= 4 is 40.2 Å². The van der Waals surface area contributed by atoms with Crippen molar-refractivity contribution < 1.29 is 14.3 Å². The van der Waals surface area contributed by atoms with Crippen LogP contribution in [0, 0.1) is 17.4 Å². The summed E-state index contributed by atoms with van der Waals surface area (Å²) in [4.78, 5) is 23.8.